The van der Waals surface area contributed by atoms with Gasteiger partial charge in [-0.25, -0.2) is 17.7 Å². The molecule has 0 saturated heterocycles. The first kappa shape index (κ1) is 24.2. The maximum absolute atomic E-state index is 13.8. The number of hydrogen-bond acceptors (Lipinski definition) is 4. The number of amides is 1. The Kier molecular flexibility index (Phi) is 6.60. The number of rotatable bonds is 5. The largest absolute Gasteiger partial charge is 0.274 e. The molecule has 2 atom stereocenters. The van der Waals surface area contributed by atoms with Crippen LogP contribution in [0.4, 0.5) is 0 Å². The number of nitrogens with zero attached hydrogens (tertiary/aromatic N) is 3. The van der Waals surface area contributed by atoms with Gasteiger partial charge in [-0.3, -0.25) is 4.79 Å². The highest BCUT2D eigenvalue weighted by atomic mass is 32.2. The van der Waals surface area contributed by atoms with Gasteiger partial charge in [0.05, 0.1) is 16.6 Å². The summed E-state index contributed by atoms with van der Waals surface area (Å²) < 4.78 is 26.1. The maximum atomic E-state index is 13.8. The monoisotopic (exact) mass is 499 g/mol. The fourth-order valence-corrected chi connectivity index (χ4v) is 5.92. The summed E-state index contributed by atoms with van der Waals surface area (Å²) in [6, 6.07) is 26.1. The van der Waals surface area contributed by atoms with Gasteiger partial charge in [-0.15, -0.1) is 0 Å². The van der Waals surface area contributed by atoms with Gasteiger partial charge >= 0.3 is 0 Å². The van der Waals surface area contributed by atoms with Gasteiger partial charge in [0.1, 0.15) is 0 Å². The zero-order chi connectivity index (χ0) is 25.3. The topological polar surface area (TPSA) is 70.1 Å². The molecule has 0 unspecified atom stereocenters. The third-order valence-corrected chi connectivity index (χ3v) is 8.70. The zero-order valence-corrected chi connectivity index (χ0v) is 21.2. The summed E-state index contributed by atoms with van der Waals surface area (Å²) in [6.07, 6.45) is 5.09. The van der Waals surface area contributed by atoms with Gasteiger partial charge in [-0.05, 0) is 66.3 Å². The molecule has 1 aliphatic heterocycles. The minimum atomic E-state index is -3.57. The average molecular weight is 500 g/mol. The lowest BCUT2D eigenvalue weighted by Crippen LogP contribution is -2.32. The first-order valence-electron chi connectivity index (χ1n) is 12.1. The molecule has 1 fully saturated rings. The molecule has 36 heavy (non-hydrogen) atoms. The van der Waals surface area contributed by atoms with Crippen molar-refractivity contribution in [3.8, 4) is 0 Å². The molecule has 0 aromatic heterocycles. The second kappa shape index (κ2) is 9.84. The number of carbonyl (C=O) groups is 1. The van der Waals surface area contributed by atoms with E-state index in [1.807, 2.05) is 48.5 Å². The van der Waals surface area contributed by atoms with Crippen LogP contribution in [0.25, 0.3) is 6.08 Å². The highest BCUT2D eigenvalue weighted by Crippen LogP contribution is 2.44. The number of allylic oxidation sites excluding steroid dienone is 1. The molecule has 1 heterocycles. The lowest BCUT2D eigenvalue weighted by atomic mass is 9.77. The fraction of sp³-hybridized carbons (Fsp3) is 0.241. The third-order valence-electron chi connectivity index (χ3n) is 6.87. The second-order valence-corrected chi connectivity index (χ2v) is 11.5. The second-order valence-electron chi connectivity index (χ2n) is 9.38. The Labute approximate surface area is 212 Å². The quantitative estimate of drug-likeness (QED) is 0.474. The molecule has 7 heteroatoms. The average Bonchev–Trinajstić information content (AvgIpc) is 3.30. The van der Waals surface area contributed by atoms with Crippen molar-refractivity contribution in [2.75, 3.05) is 14.1 Å². The van der Waals surface area contributed by atoms with E-state index >= 15 is 0 Å². The number of sulfonamides is 1. The van der Waals surface area contributed by atoms with Crippen LogP contribution in [0.5, 0.6) is 0 Å². The first-order chi connectivity index (χ1) is 17.4. The highest BCUT2D eigenvalue weighted by Gasteiger charge is 2.43. The Morgan fingerprint density at radius 1 is 0.944 bits per heavy atom. The van der Waals surface area contributed by atoms with Crippen molar-refractivity contribution in [3.63, 3.8) is 0 Å². The standard InChI is InChI=1S/C29H29N3O3S/c1-31(2)36(34,35)25-18-16-23(17-19-25)29(33)32-28(22-12-7-4-8-13-22)26-15-9-14-24(27(26)30-32)20-21-10-5-3-6-11-21/h3-8,10-13,16-20,26,28H,9,14-15H2,1-2H3/b24-20-/t26-,28+/m0/s1. The van der Waals surface area contributed by atoms with E-state index in [-0.39, 0.29) is 22.8 Å². The van der Waals surface area contributed by atoms with Gasteiger partial charge in [0.25, 0.3) is 5.91 Å². The van der Waals surface area contributed by atoms with Gasteiger partial charge < -0.3 is 0 Å². The van der Waals surface area contributed by atoms with E-state index in [1.54, 1.807) is 17.1 Å². The highest BCUT2D eigenvalue weighted by molar-refractivity contribution is 7.89. The Bertz CT molecular complexity index is 1410. The van der Waals surface area contributed by atoms with Gasteiger partial charge in [-0.2, -0.15) is 5.10 Å². The molecule has 3 aromatic carbocycles. The Morgan fingerprint density at radius 2 is 1.58 bits per heavy atom. The molecule has 1 amide bonds. The molecule has 5 rings (SSSR count). The molecule has 3 aromatic rings. The van der Waals surface area contributed by atoms with Gasteiger partial charge in [0, 0.05) is 25.6 Å². The van der Waals surface area contributed by atoms with Crippen LogP contribution in [0.15, 0.2) is 100 Å². The van der Waals surface area contributed by atoms with E-state index in [1.165, 1.54) is 31.8 Å². The number of carbonyl (C=O) groups excluding carboxylic acids is 1. The van der Waals surface area contributed by atoms with Crippen LogP contribution in [-0.4, -0.2) is 43.4 Å². The van der Waals surface area contributed by atoms with Crippen LogP contribution in [-0.2, 0) is 10.0 Å². The predicted octanol–water partition coefficient (Wildman–Crippen LogP) is 5.37. The minimum absolute atomic E-state index is 0.105. The maximum Gasteiger partial charge on any atom is 0.274 e. The summed E-state index contributed by atoms with van der Waals surface area (Å²) >= 11 is 0. The molecule has 0 spiro atoms. The molecule has 0 radical (unpaired) electrons. The lowest BCUT2D eigenvalue weighted by Gasteiger charge is -2.29. The predicted molar refractivity (Wildman–Crippen MR) is 142 cm³/mol. The summed E-state index contributed by atoms with van der Waals surface area (Å²) in [5, 5.41) is 6.53. The normalized spacial score (nSPS) is 20.9. The van der Waals surface area contributed by atoms with Gasteiger partial charge in [0.2, 0.25) is 10.0 Å². The number of benzene rings is 3. The summed E-state index contributed by atoms with van der Waals surface area (Å²) in [5.41, 5.74) is 4.71. The Balaban J connectivity index is 1.54. The zero-order valence-electron chi connectivity index (χ0n) is 20.4. The van der Waals surface area contributed by atoms with Crippen molar-refractivity contribution in [3.05, 3.63) is 107 Å². The van der Waals surface area contributed by atoms with E-state index in [4.69, 9.17) is 5.10 Å². The van der Waals surface area contributed by atoms with Crippen LogP contribution >= 0.6 is 0 Å². The molecule has 1 aliphatic carbocycles. The minimum Gasteiger partial charge on any atom is -0.267 e. The van der Waals surface area contributed by atoms with Crippen molar-refractivity contribution in [2.24, 2.45) is 11.0 Å². The molecule has 6 nitrogen and oxygen atoms in total. The van der Waals surface area contributed by atoms with E-state index in [0.717, 1.165) is 40.4 Å². The molecule has 184 valence electrons. The van der Waals surface area contributed by atoms with E-state index in [9.17, 15) is 13.2 Å². The van der Waals surface area contributed by atoms with Crippen LogP contribution in [0.3, 0.4) is 0 Å². The van der Waals surface area contributed by atoms with Crippen LogP contribution in [0, 0.1) is 5.92 Å². The van der Waals surface area contributed by atoms with Crippen LogP contribution < -0.4 is 0 Å². The summed E-state index contributed by atoms with van der Waals surface area (Å²) in [5.74, 6) is -0.132. The van der Waals surface area contributed by atoms with Crippen molar-refractivity contribution in [2.45, 2.75) is 30.2 Å². The summed E-state index contributed by atoms with van der Waals surface area (Å²) in [7, 11) is -0.598. The molecule has 1 saturated carbocycles. The third kappa shape index (κ3) is 4.52. The van der Waals surface area contributed by atoms with Crippen LogP contribution in [0.2, 0.25) is 0 Å². The van der Waals surface area contributed by atoms with Crippen molar-refractivity contribution in [1.82, 2.24) is 9.31 Å². The molecule has 0 bridgehead atoms. The van der Waals surface area contributed by atoms with Gasteiger partial charge in [-0.1, -0.05) is 60.7 Å². The molecule has 0 N–H and O–H groups in total. The molecular weight excluding hydrogens is 470 g/mol. The molecule has 2 aliphatic rings. The van der Waals surface area contributed by atoms with Crippen LogP contribution in [0.1, 0.15) is 46.8 Å². The van der Waals surface area contributed by atoms with E-state index in [2.05, 4.69) is 18.2 Å². The number of fused-ring (bicyclic) bond motifs is 1. The van der Waals surface area contributed by atoms with E-state index in [0.29, 0.717) is 5.56 Å². The van der Waals surface area contributed by atoms with Gasteiger partial charge in [0.15, 0.2) is 0 Å². The number of hydrogen-bond donors (Lipinski definition) is 0. The Morgan fingerprint density at radius 3 is 2.22 bits per heavy atom. The SMILES string of the molecule is CN(C)S(=O)(=O)c1ccc(C(=O)N2N=C3/C(=C\c4ccccc4)CCC[C@@H]3[C@H]2c2ccccc2)cc1. The fourth-order valence-electron chi connectivity index (χ4n) is 5.01. The Hall–Kier alpha value is -3.55. The lowest BCUT2D eigenvalue weighted by molar-refractivity contribution is 0.0680. The van der Waals surface area contributed by atoms with Crippen molar-refractivity contribution >= 4 is 27.7 Å². The summed E-state index contributed by atoms with van der Waals surface area (Å²) in [4.78, 5) is 13.9. The van der Waals surface area contributed by atoms with E-state index < -0.39 is 10.0 Å². The molecular formula is C29H29N3O3S. The number of hydrazone groups is 1. The van der Waals surface area contributed by atoms with Crippen molar-refractivity contribution in [1.29, 1.82) is 0 Å². The summed E-state index contributed by atoms with van der Waals surface area (Å²) in [6.45, 7) is 0. The first-order valence-corrected chi connectivity index (χ1v) is 13.6. The smallest absolute Gasteiger partial charge is 0.267 e. The van der Waals surface area contributed by atoms with Crippen molar-refractivity contribution < 1.29 is 13.2 Å².